The molecule has 0 saturated heterocycles. The van der Waals surface area contributed by atoms with Crippen molar-refractivity contribution in [3.8, 4) is 55.6 Å². The van der Waals surface area contributed by atoms with Crippen LogP contribution < -0.4 is 4.90 Å². The van der Waals surface area contributed by atoms with Gasteiger partial charge in [0, 0.05) is 27.6 Å². The topological polar surface area (TPSA) is 16.4 Å². The van der Waals surface area contributed by atoms with E-state index in [0.29, 0.717) is 0 Å². The second-order valence-electron chi connectivity index (χ2n) is 19.1. The average Bonchev–Trinajstić information content (AvgIpc) is 4.01. The van der Waals surface area contributed by atoms with E-state index in [0.717, 1.165) is 61.3 Å². The summed E-state index contributed by atoms with van der Waals surface area (Å²) in [6.45, 7) is 0. The van der Waals surface area contributed by atoms with E-state index >= 15 is 0 Å². The van der Waals surface area contributed by atoms with Crippen LogP contribution in [0, 0.1) is 0 Å². The maximum atomic E-state index is 6.51. The monoisotopic (exact) mass is 929 g/mol. The Labute approximate surface area is 425 Å². The van der Waals surface area contributed by atoms with Crippen LogP contribution in [0.4, 0.5) is 17.1 Å². The lowest BCUT2D eigenvalue weighted by Crippen LogP contribution is -2.28. The highest BCUT2D eigenvalue weighted by Gasteiger charge is 2.47. The quantitative estimate of drug-likeness (QED) is 0.143. The van der Waals surface area contributed by atoms with Gasteiger partial charge in [-0.15, -0.1) is 0 Å². The minimum atomic E-state index is -0.527. The van der Waals surface area contributed by atoms with Crippen LogP contribution in [0.5, 0.6) is 0 Å². The molecule has 0 spiro atoms. The number of fused-ring (bicyclic) bond motifs is 7. The van der Waals surface area contributed by atoms with Crippen molar-refractivity contribution in [1.82, 2.24) is 0 Å². The SMILES string of the molecule is c1ccc(C2(c3ccccc3)c3ccccc3-c3c(-c4ccccc4N(c4ccc(-c5ccc(-c6cccc7ccccc67)cc5)cc4)c4ccccc4-c4cccc5oc6ccccc6c45)cccc32)cc1. The number of nitrogens with zero attached hydrogens (tertiary/aromatic N) is 1. The fourth-order valence-electron chi connectivity index (χ4n) is 12.0. The van der Waals surface area contributed by atoms with Crippen molar-refractivity contribution in [3.63, 3.8) is 0 Å². The standard InChI is InChI=1S/C71H47NO/c1-3-22-52(23-4-1)71(53-24-5-2-6-25-53)63-34-13-9-29-61(63)69-59(32-18-35-64(69)71)57-27-10-14-36-65(57)72(66-37-15-11-28-58(66)60-33-19-39-68-70(60)62-30-12-16-38-67(62)73-68)54-46-44-49(45-47-54)48-40-42-51(43-41-48)56-31-17-21-50-20-7-8-26-55(50)56/h1-47H. The minimum absolute atomic E-state index is 0.527. The summed E-state index contributed by atoms with van der Waals surface area (Å²) in [5.41, 5.74) is 21.3. The van der Waals surface area contributed by atoms with Crippen LogP contribution in [-0.2, 0) is 5.41 Å². The number of para-hydroxylation sites is 3. The number of anilines is 3. The Morgan fingerprint density at radius 1 is 0.288 bits per heavy atom. The van der Waals surface area contributed by atoms with Gasteiger partial charge in [-0.3, -0.25) is 0 Å². The fraction of sp³-hybridized carbons (Fsp3) is 0.0141. The second-order valence-corrected chi connectivity index (χ2v) is 19.1. The third-order valence-electron chi connectivity index (χ3n) is 15.2. The first-order chi connectivity index (χ1) is 36.2. The van der Waals surface area contributed by atoms with Crippen molar-refractivity contribution in [2.75, 3.05) is 4.90 Å². The van der Waals surface area contributed by atoms with Crippen molar-refractivity contribution in [2.24, 2.45) is 0 Å². The smallest absolute Gasteiger partial charge is 0.136 e. The van der Waals surface area contributed by atoms with E-state index < -0.39 is 5.41 Å². The molecule has 0 aliphatic heterocycles. The van der Waals surface area contributed by atoms with Gasteiger partial charge in [0.2, 0.25) is 0 Å². The molecule has 0 N–H and O–H groups in total. The van der Waals surface area contributed by atoms with Gasteiger partial charge in [0.15, 0.2) is 0 Å². The van der Waals surface area contributed by atoms with Gasteiger partial charge in [0.1, 0.15) is 11.2 Å². The third-order valence-corrected chi connectivity index (χ3v) is 15.2. The van der Waals surface area contributed by atoms with Crippen LogP contribution in [0.1, 0.15) is 22.3 Å². The van der Waals surface area contributed by atoms with E-state index in [1.165, 1.54) is 66.4 Å². The largest absolute Gasteiger partial charge is 0.456 e. The molecule has 0 bridgehead atoms. The molecule has 1 aromatic heterocycles. The van der Waals surface area contributed by atoms with Crippen molar-refractivity contribution < 1.29 is 4.42 Å². The zero-order valence-electron chi connectivity index (χ0n) is 40.0. The average molecular weight is 930 g/mol. The molecule has 2 nitrogen and oxygen atoms in total. The molecule has 1 heterocycles. The normalized spacial score (nSPS) is 12.5. The molecule has 0 atom stereocenters. The molecule has 1 aliphatic carbocycles. The first kappa shape index (κ1) is 42.4. The highest BCUT2D eigenvalue weighted by Crippen LogP contribution is 2.59. The zero-order valence-corrected chi connectivity index (χ0v) is 40.0. The Balaban J connectivity index is 0.969. The van der Waals surface area contributed by atoms with E-state index in [9.17, 15) is 0 Å². The van der Waals surface area contributed by atoms with Gasteiger partial charge >= 0.3 is 0 Å². The van der Waals surface area contributed by atoms with Crippen LogP contribution in [0.25, 0.3) is 88.3 Å². The summed E-state index contributed by atoms with van der Waals surface area (Å²) in [5, 5.41) is 4.72. The van der Waals surface area contributed by atoms with E-state index in [-0.39, 0.29) is 0 Å². The summed E-state index contributed by atoms with van der Waals surface area (Å²) in [6.07, 6.45) is 0. The van der Waals surface area contributed by atoms with Gasteiger partial charge in [-0.25, -0.2) is 0 Å². The van der Waals surface area contributed by atoms with Gasteiger partial charge < -0.3 is 9.32 Å². The van der Waals surface area contributed by atoms with E-state index in [2.05, 4.69) is 284 Å². The van der Waals surface area contributed by atoms with Gasteiger partial charge in [-0.05, 0) is 114 Å². The summed E-state index contributed by atoms with van der Waals surface area (Å²) >= 11 is 0. The van der Waals surface area contributed by atoms with Crippen LogP contribution >= 0.6 is 0 Å². The molecule has 13 aromatic rings. The van der Waals surface area contributed by atoms with E-state index in [4.69, 9.17) is 4.42 Å². The maximum Gasteiger partial charge on any atom is 0.136 e. The lowest BCUT2D eigenvalue weighted by molar-refractivity contribution is 0.669. The van der Waals surface area contributed by atoms with Crippen LogP contribution in [-0.4, -0.2) is 0 Å². The molecule has 14 rings (SSSR count). The molecular formula is C71H47NO. The molecule has 0 unspecified atom stereocenters. The Morgan fingerprint density at radius 3 is 1.48 bits per heavy atom. The number of rotatable bonds is 9. The van der Waals surface area contributed by atoms with E-state index in [1.54, 1.807) is 0 Å². The predicted molar refractivity (Wildman–Crippen MR) is 305 cm³/mol. The lowest BCUT2D eigenvalue weighted by atomic mass is 9.67. The Kier molecular flexibility index (Phi) is 10.1. The van der Waals surface area contributed by atoms with Crippen molar-refractivity contribution in [2.45, 2.75) is 5.41 Å². The van der Waals surface area contributed by atoms with Gasteiger partial charge in [0.05, 0.1) is 16.8 Å². The van der Waals surface area contributed by atoms with Crippen molar-refractivity contribution >= 4 is 49.8 Å². The maximum absolute atomic E-state index is 6.51. The van der Waals surface area contributed by atoms with Gasteiger partial charge in [-0.2, -0.15) is 0 Å². The second kappa shape index (κ2) is 17.4. The lowest BCUT2D eigenvalue weighted by Gasteiger charge is -2.34. The van der Waals surface area contributed by atoms with E-state index in [1.807, 2.05) is 6.07 Å². The summed E-state index contributed by atoms with van der Waals surface area (Å²) in [7, 11) is 0. The molecule has 0 amide bonds. The Hall–Kier alpha value is -9.50. The molecule has 0 fully saturated rings. The first-order valence-corrected chi connectivity index (χ1v) is 25.2. The molecule has 342 valence electrons. The highest BCUT2D eigenvalue weighted by atomic mass is 16.3. The number of hydrogen-bond donors (Lipinski definition) is 0. The van der Waals surface area contributed by atoms with Crippen molar-refractivity contribution in [3.05, 3.63) is 307 Å². The molecular weight excluding hydrogens is 883 g/mol. The number of benzene rings is 12. The fourth-order valence-corrected chi connectivity index (χ4v) is 12.0. The molecule has 73 heavy (non-hydrogen) atoms. The first-order valence-electron chi connectivity index (χ1n) is 25.2. The molecule has 0 radical (unpaired) electrons. The molecule has 12 aromatic carbocycles. The number of furan rings is 1. The third kappa shape index (κ3) is 6.79. The molecule has 0 saturated carbocycles. The van der Waals surface area contributed by atoms with Crippen LogP contribution in [0.15, 0.2) is 290 Å². The predicted octanol–water partition coefficient (Wildman–Crippen LogP) is 19.2. The van der Waals surface area contributed by atoms with Crippen LogP contribution in [0.2, 0.25) is 0 Å². The van der Waals surface area contributed by atoms with Crippen molar-refractivity contribution in [1.29, 1.82) is 0 Å². The van der Waals surface area contributed by atoms with Crippen LogP contribution in [0.3, 0.4) is 0 Å². The minimum Gasteiger partial charge on any atom is -0.456 e. The Bertz CT molecular complexity index is 4140. The molecule has 1 aliphatic rings. The van der Waals surface area contributed by atoms with Gasteiger partial charge in [0.25, 0.3) is 0 Å². The Morgan fingerprint density at radius 2 is 0.753 bits per heavy atom. The van der Waals surface area contributed by atoms with Gasteiger partial charge in [-0.1, -0.05) is 249 Å². The molecule has 2 heteroatoms. The summed E-state index contributed by atoms with van der Waals surface area (Å²) < 4.78 is 6.51. The number of hydrogen-bond acceptors (Lipinski definition) is 2. The highest BCUT2D eigenvalue weighted by molar-refractivity contribution is 6.14. The summed E-state index contributed by atoms with van der Waals surface area (Å²) in [4.78, 5) is 2.47. The summed E-state index contributed by atoms with van der Waals surface area (Å²) in [6, 6.07) is 104. The zero-order chi connectivity index (χ0) is 48.3. The summed E-state index contributed by atoms with van der Waals surface area (Å²) in [5.74, 6) is 0.